The van der Waals surface area contributed by atoms with Gasteiger partial charge in [0.1, 0.15) is 11.6 Å². The normalized spacial score (nSPS) is 16.6. The standard InChI is InChI=1S/C13H14N4O2S/c1-7-3-4-8(11(19-2)12(7)20)9-6-17-10(15-9)5-14-13(18)16-17/h3-6,15,20H,1-2H3,(H2,14,16,18). The number of benzene rings is 1. The van der Waals surface area contributed by atoms with Crippen LogP contribution in [0.3, 0.4) is 0 Å². The molecule has 0 aliphatic carbocycles. The average molecular weight is 290 g/mol. The molecule has 6 nitrogen and oxygen atoms in total. The Morgan fingerprint density at radius 3 is 2.90 bits per heavy atom. The van der Waals surface area contributed by atoms with E-state index in [0.29, 0.717) is 5.75 Å². The third-order valence-corrected chi connectivity index (χ3v) is 3.73. The Morgan fingerprint density at radius 2 is 2.15 bits per heavy atom. The van der Waals surface area contributed by atoms with E-state index in [4.69, 9.17) is 4.74 Å². The molecule has 3 rings (SSSR count). The van der Waals surface area contributed by atoms with Crippen LogP contribution in [0, 0.1) is 6.92 Å². The second-order valence-electron chi connectivity index (χ2n) is 4.46. The molecule has 104 valence electrons. The van der Waals surface area contributed by atoms with Crippen LogP contribution < -0.4 is 20.8 Å². The van der Waals surface area contributed by atoms with Crippen molar-refractivity contribution in [2.24, 2.45) is 0 Å². The number of amides is 2. The molecule has 1 aromatic rings. The second-order valence-corrected chi connectivity index (χ2v) is 4.91. The van der Waals surface area contributed by atoms with Gasteiger partial charge < -0.3 is 15.4 Å². The molecule has 2 aliphatic heterocycles. The third-order valence-electron chi connectivity index (χ3n) is 3.17. The molecule has 0 radical (unpaired) electrons. The topological polar surface area (TPSA) is 65.6 Å². The maximum Gasteiger partial charge on any atom is 0.338 e. The number of hydrazine groups is 1. The van der Waals surface area contributed by atoms with Gasteiger partial charge in [0.25, 0.3) is 0 Å². The van der Waals surface area contributed by atoms with Crippen molar-refractivity contribution in [3.63, 3.8) is 0 Å². The summed E-state index contributed by atoms with van der Waals surface area (Å²) in [6.07, 6.45) is 3.40. The molecule has 0 saturated heterocycles. The number of nitrogens with one attached hydrogen (secondary N) is 3. The van der Waals surface area contributed by atoms with E-state index in [9.17, 15) is 4.79 Å². The highest BCUT2D eigenvalue weighted by Crippen LogP contribution is 2.35. The van der Waals surface area contributed by atoms with Crippen molar-refractivity contribution >= 4 is 24.4 Å². The van der Waals surface area contributed by atoms with Crippen molar-refractivity contribution in [2.75, 3.05) is 7.11 Å². The Kier molecular flexibility index (Phi) is 2.98. The first kappa shape index (κ1) is 12.7. The highest BCUT2D eigenvalue weighted by Gasteiger charge is 2.25. The van der Waals surface area contributed by atoms with Gasteiger partial charge in [-0.1, -0.05) is 6.07 Å². The highest BCUT2D eigenvalue weighted by atomic mass is 32.1. The van der Waals surface area contributed by atoms with Gasteiger partial charge in [-0.15, -0.1) is 12.6 Å². The summed E-state index contributed by atoms with van der Waals surface area (Å²) in [4.78, 5) is 12.1. The maximum atomic E-state index is 11.3. The summed E-state index contributed by atoms with van der Waals surface area (Å²) in [6.45, 7) is 1.97. The zero-order valence-corrected chi connectivity index (χ0v) is 11.9. The van der Waals surface area contributed by atoms with E-state index in [1.54, 1.807) is 24.5 Å². The van der Waals surface area contributed by atoms with Gasteiger partial charge in [-0.05, 0) is 18.6 Å². The van der Waals surface area contributed by atoms with Crippen molar-refractivity contribution in [1.82, 2.24) is 21.1 Å². The predicted octanol–water partition coefficient (Wildman–Crippen LogP) is 1.52. The molecule has 2 heterocycles. The maximum absolute atomic E-state index is 11.3. The van der Waals surface area contributed by atoms with E-state index in [2.05, 4.69) is 28.7 Å². The van der Waals surface area contributed by atoms with Crippen molar-refractivity contribution in [3.8, 4) is 5.75 Å². The summed E-state index contributed by atoms with van der Waals surface area (Å²) in [5.41, 5.74) is 5.41. The third kappa shape index (κ3) is 1.96. The van der Waals surface area contributed by atoms with Gasteiger partial charge in [-0.25, -0.2) is 15.2 Å². The zero-order valence-electron chi connectivity index (χ0n) is 11.0. The van der Waals surface area contributed by atoms with Gasteiger partial charge in [-0.3, -0.25) is 0 Å². The molecule has 2 amide bonds. The number of carbonyl (C=O) groups is 1. The predicted molar refractivity (Wildman–Crippen MR) is 77.7 cm³/mol. The summed E-state index contributed by atoms with van der Waals surface area (Å²) in [7, 11) is 1.61. The van der Waals surface area contributed by atoms with Gasteiger partial charge in [0.05, 0.1) is 19.0 Å². The number of hydrogen-bond donors (Lipinski definition) is 4. The van der Waals surface area contributed by atoms with E-state index in [1.807, 2.05) is 19.1 Å². The molecule has 0 unspecified atom stereocenters. The molecule has 0 fully saturated rings. The van der Waals surface area contributed by atoms with Crippen LogP contribution in [0.2, 0.25) is 0 Å². The zero-order chi connectivity index (χ0) is 14.3. The van der Waals surface area contributed by atoms with Gasteiger partial charge in [0.15, 0.2) is 0 Å². The minimum absolute atomic E-state index is 0.279. The molecule has 2 aliphatic rings. The van der Waals surface area contributed by atoms with Crippen LogP contribution >= 0.6 is 12.6 Å². The molecule has 1 aromatic carbocycles. The van der Waals surface area contributed by atoms with Gasteiger partial charge in [-0.2, -0.15) is 0 Å². The Bertz CT molecular complexity index is 654. The number of aryl methyl sites for hydroxylation is 1. The van der Waals surface area contributed by atoms with Crippen molar-refractivity contribution in [1.29, 1.82) is 0 Å². The molecule has 0 aromatic heterocycles. The lowest BCUT2D eigenvalue weighted by Crippen LogP contribution is -2.47. The summed E-state index contributed by atoms with van der Waals surface area (Å²) < 4.78 is 5.45. The molecule has 0 spiro atoms. The lowest BCUT2D eigenvalue weighted by atomic mass is 10.1. The number of nitrogens with zero attached hydrogens (tertiary/aromatic N) is 1. The number of carbonyl (C=O) groups excluding carboxylic acids is 1. The van der Waals surface area contributed by atoms with Crippen LogP contribution in [0.1, 0.15) is 11.1 Å². The monoisotopic (exact) mass is 290 g/mol. The summed E-state index contributed by atoms with van der Waals surface area (Å²) in [5, 5.41) is 7.40. The summed E-state index contributed by atoms with van der Waals surface area (Å²) in [5.74, 6) is 1.44. The Morgan fingerprint density at radius 1 is 1.35 bits per heavy atom. The van der Waals surface area contributed by atoms with Crippen LogP contribution in [0.4, 0.5) is 4.79 Å². The van der Waals surface area contributed by atoms with E-state index in [0.717, 1.165) is 27.5 Å². The van der Waals surface area contributed by atoms with Crippen LogP contribution in [-0.4, -0.2) is 18.1 Å². The lowest BCUT2D eigenvalue weighted by molar-refractivity contribution is 0.218. The van der Waals surface area contributed by atoms with Gasteiger partial charge >= 0.3 is 6.03 Å². The number of ether oxygens (including phenoxy) is 1. The smallest absolute Gasteiger partial charge is 0.338 e. The van der Waals surface area contributed by atoms with Crippen LogP contribution in [-0.2, 0) is 0 Å². The molecule has 3 N–H and O–H groups in total. The van der Waals surface area contributed by atoms with Crippen molar-refractivity contribution < 1.29 is 9.53 Å². The number of urea groups is 1. The minimum atomic E-state index is -0.279. The minimum Gasteiger partial charge on any atom is -0.495 e. The molecular weight excluding hydrogens is 276 g/mol. The Labute approximate surface area is 121 Å². The van der Waals surface area contributed by atoms with Gasteiger partial charge in [0, 0.05) is 16.7 Å². The van der Waals surface area contributed by atoms with Crippen LogP contribution in [0.5, 0.6) is 5.75 Å². The van der Waals surface area contributed by atoms with Crippen molar-refractivity contribution in [3.05, 3.63) is 41.5 Å². The largest absolute Gasteiger partial charge is 0.495 e. The van der Waals surface area contributed by atoms with E-state index in [1.165, 1.54) is 0 Å². The Balaban J connectivity index is 2.01. The average Bonchev–Trinajstić information content (AvgIpc) is 2.84. The summed E-state index contributed by atoms with van der Waals surface area (Å²) in [6, 6.07) is 3.66. The molecule has 20 heavy (non-hydrogen) atoms. The molecule has 0 saturated carbocycles. The van der Waals surface area contributed by atoms with E-state index >= 15 is 0 Å². The van der Waals surface area contributed by atoms with E-state index < -0.39 is 0 Å². The van der Waals surface area contributed by atoms with E-state index in [-0.39, 0.29) is 6.03 Å². The molecular formula is C13H14N4O2S. The van der Waals surface area contributed by atoms with Gasteiger partial charge in [0.2, 0.25) is 0 Å². The fourth-order valence-corrected chi connectivity index (χ4v) is 2.41. The molecule has 0 bridgehead atoms. The molecule has 7 heteroatoms. The van der Waals surface area contributed by atoms with Crippen LogP contribution in [0.25, 0.3) is 5.70 Å². The first-order valence-electron chi connectivity index (χ1n) is 6.02. The van der Waals surface area contributed by atoms with Crippen LogP contribution in [0.15, 0.2) is 35.2 Å². The quantitative estimate of drug-likeness (QED) is 0.624. The molecule has 0 atom stereocenters. The number of rotatable bonds is 2. The fourth-order valence-electron chi connectivity index (χ4n) is 2.13. The van der Waals surface area contributed by atoms with Crippen molar-refractivity contribution in [2.45, 2.75) is 11.8 Å². The SMILES string of the molecule is COc1c(C2=CN3NC(=O)NC=C3N2)ccc(C)c1S. The second kappa shape index (κ2) is 4.68. The first-order valence-corrected chi connectivity index (χ1v) is 6.47. The number of methoxy groups -OCH3 is 1. The highest BCUT2D eigenvalue weighted by molar-refractivity contribution is 7.80. The fraction of sp³-hybridized carbons (Fsp3) is 0.154. The summed E-state index contributed by atoms with van der Waals surface area (Å²) >= 11 is 4.48. The first-order chi connectivity index (χ1) is 9.60. The number of thiol groups is 1. The number of hydrogen-bond acceptors (Lipinski definition) is 5. The number of fused-ring (bicyclic) bond motifs is 1. The lowest BCUT2D eigenvalue weighted by Gasteiger charge is -2.22. The Hall–Kier alpha value is -2.28.